The quantitative estimate of drug-likeness (QED) is 0.213. The number of aromatic nitrogens is 4. The third-order valence-corrected chi connectivity index (χ3v) is 3.97. The highest BCUT2D eigenvalue weighted by Gasteiger charge is 2.47. The molecule has 5 unspecified atom stereocenters. The first-order chi connectivity index (χ1) is 11.2. The second-order valence-electron chi connectivity index (χ2n) is 5.07. The van der Waals surface area contributed by atoms with Crippen molar-refractivity contribution in [1.29, 1.82) is 0 Å². The summed E-state index contributed by atoms with van der Waals surface area (Å²) < 4.78 is 34.6. The van der Waals surface area contributed by atoms with Crippen molar-refractivity contribution in [2.45, 2.75) is 24.5 Å². The maximum absolute atomic E-state index is 13.3. The number of rotatable bonds is 4. The van der Waals surface area contributed by atoms with Gasteiger partial charge in [0.1, 0.15) is 18.3 Å². The van der Waals surface area contributed by atoms with E-state index in [0.717, 1.165) is 0 Å². The Morgan fingerprint density at radius 2 is 2.21 bits per heavy atom. The summed E-state index contributed by atoms with van der Waals surface area (Å²) in [6.45, 7) is -0.722. The molecule has 132 valence electrons. The lowest BCUT2D eigenvalue weighted by atomic mass is 10.1. The molecule has 3 rings (SSSR count). The van der Waals surface area contributed by atoms with E-state index in [9.17, 15) is 24.1 Å². The highest BCUT2D eigenvalue weighted by molar-refractivity contribution is 7.44. The molecule has 14 heteroatoms. The van der Waals surface area contributed by atoms with Crippen molar-refractivity contribution >= 4 is 24.8 Å². The summed E-state index contributed by atoms with van der Waals surface area (Å²) in [6, 6.07) is 0. The van der Waals surface area contributed by atoms with Gasteiger partial charge in [-0.05, 0) is 4.98 Å². The molecule has 0 amide bonds. The van der Waals surface area contributed by atoms with E-state index in [1.165, 1.54) is 10.9 Å². The van der Waals surface area contributed by atoms with Crippen LogP contribution in [0.25, 0.3) is 11.2 Å². The second kappa shape index (κ2) is 5.97. The number of hydrogen-bond acceptors (Lipinski definition) is 9. The van der Waals surface area contributed by atoms with Gasteiger partial charge < -0.3 is 35.0 Å². The minimum absolute atomic E-state index is 0.0329. The number of anilines is 1. The van der Waals surface area contributed by atoms with Crippen LogP contribution in [0.3, 0.4) is 0 Å². The first kappa shape index (κ1) is 17.1. The number of aliphatic hydroxyl groups is 2. The van der Waals surface area contributed by atoms with Gasteiger partial charge >= 0.3 is 11.7 Å². The van der Waals surface area contributed by atoms with Gasteiger partial charge in [0.2, 0.25) is 11.7 Å². The number of phosphoric ester groups is 1. The lowest BCUT2D eigenvalue weighted by molar-refractivity contribution is -0.745. The molecule has 1 aliphatic rings. The fourth-order valence-corrected chi connectivity index (χ4v) is 2.75. The Bertz CT molecular complexity index is 812. The molecule has 12 nitrogen and oxygen atoms in total. The van der Waals surface area contributed by atoms with Crippen molar-refractivity contribution < 1.29 is 42.8 Å². The molecule has 2 aromatic rings. The smallest absolute Gasteiger partial charge is 0.386 e. The Hall–Kier alpha value is -1.73. The number of nitrogen functional groups attached to an aromatic ring is 1. The molecule has 3 heterocycles. The Morgan fingerprint density at radius 1 is 1.50 bits per heavy atom. The van der Waals surface area contributed by atoms with Crippen LogP contribution < -0.4 is 15.2 Å². The topological polar surface area (TPSA) is 191 Å². The predicted molar refractivity (Wildman–Crippen MR) is 70.2 cm³/mol. The SMILES string of the molecule is Nc1nc(F)nc2c1[nH]c[n+]2C1OC(COP(=O)([O-])O)C(O)C1O. The number of ether oxygens (including phenoxy) is 1. The van der Waals surface area contributed by atoms with E-state index < -0.39 is 45.0 Å². The first-order valence-electron chi connectivity index (χ1n) is 6.58. The van der Waals surface area contributed by atoms with Crippen LogP contribution >= 0.6 is 7.82 Å². The summed E-state index contributed by atoms with van der Waals surface area (Å²) in [7, 11) is -5.02. The monoisotopic (exact) mass is 365 g/mol. The average Bonchev–Trinajstić information content (AvgIpc) is 3.00. The maximum Gasteiger partial charge on any atom is 0.386 e. The van der Waals surface area contributed by atoms with Crippen molar-refractivity contribution in [2.75, 3.05) is 12.3 Å². The normalized spacial score (nSPS) is 29.9. The predicted octanol–water partition coefficient (Wildman–Crippen LogP) is -2.94. The summed E-state index contributed by atoms with van der Waals surface area (Å²) in [6.07, 6.45) is -5.37. The number of fused-ring (bicyclic) bond motifs is 1. The molecule has 2 aromatic heterocycles. The minimum Gasteiger partial charge on any atom is -0.756 e. The number of aromatic amines is 1. The molecule has 1 aliphatic heterocycles. The fraction of sp³-hybridized carbons (Fsp3) is 0.500. The van der Waals surface area contributed by atoms with Gasteiger partial charge in [0.05, 0.1) is 6.61 Å². The van der Waals surface area contributed by atoms with Gasteiger partial charge in [-0.3, -0.25) is 9.55 Å². The van der Waals surface area contributed by atoms with E-state index in [2.05, 4.69) is 19.5 Å². The van der Waals surface area contributed by atoms with Crippen LogP contribution in [0.15, 0.2) is 6.33 Å². The number of nitrogens with two attached hydrogens (primary N) is 1. The van der Waals surface area contributed by atoms with Crippen LogP contribution in [-0.2, 0) is 13.8 Å². The molecule has 0 spiro atoms. The number of nitrogens with one attached hydrogen (secondary N) is 1. The van der Waals surface area contributed by atoms with E-state index in [1.807, 2.05) is 0 Å². The van der Waals surface area contributed by atoms with Gasteiger partial charge in [0.15, 0.2) is 12.1 Å². The summed E-state index contributed by atoms with van der Waals surface area (Å²) >= 11 is 0. The first-order valence-corrected chi connectivity index (χ1v) is 8.08. The lowest BCUT2D eigenvalue weighted by Gasteiger charge is -2.19. The zero-order valence-corrected chi connectivity index (χ0v) is 12.7. The molecule has 6 N–H and O–H groups in total. The molecule has 0 saturated carbocycles. The average molecular weight is 365 g/mol. The van der Waals surface area contributed by atoms with Gasteiger partial charge in [-0.15, -0.1) is 4.39 Å². The molecule has 5 atom stereocenters. The Labute approximate surface area is 132 Å². The molecule has 0 bridgehead atoms. The van der Waals surface area contributed by atoms with Crippen molar-refractivity contribution in [2.24, 2.45) is 0 Å². The van der Waals surface area contributed by atoms with Crippen LogP contribution in [-0.4, -0.2) is 55.0 Å². The van der Waals surface area contributed by atoms with Gasteiger partial charge in [-0.25, -0.2) is 4.57 Å². The lowest BCUT2D eigenvalue weighted by Crippen LogP contribution is -2.45. The van der Waals surface area contributed by atoms with Crippen LogP contribution in [0, 0.1) is 6.08 Å². The van der Waals surface area contributed by atoms with Crippen LogP contribution in [0.4, 0.5) is 10.2 Å². The molecule has 24 heavy (non-hydrogen) atoms. The van der Waals surface area contributed by atoms with Crippen molar-refractivity contribution in [3.63, 3.8) is 0 Å². The van der Waals surface area contributed by atoms with Crippen LogP contribution in [0.1, 0.15) is 6.23 Å². The molecular formula is C10H13FN5O7P. The minimum atomic E-state index is -5.02. The van der Waals surface area contributed by atoms with Crippen molar-refractivity contribution in [3.8, 4) is 0 Å². The number of aliphatic hydroxyl groups excluding tert-OH is 2. The number of halogens is 1. The van der Waals surface area contributed by atoms with Gasteiger partial charge in [-0.1, -0.05) is 0 Å². The second-order valence-corrected chi connectivity index (χ2v) is 6.26. The van der Waals surface area contributed by atoms with E-state index in [0.29, 0.717) is 0 Å². The molecule has 0 aromatic carbocycles. The van der Waals surface area contributed by atoms with Gasteiger partial charge in [0.25, 0.3) is 7.82 Å². The van der Waals surface area contributed by atoms with E-state index in [1.54, 1.807) is 0 Å². The Morgan fingerprint density at radius 3 is 2.88 bits per heavy atom. The van der Waals surface area contributed by atoms with Gasteiger partial charge in [0, 0.05) is 0 Å². The third-order valence-electron chi connectivity index (χ3n) is 3.50. The molecule has 1 saturated heterocycles. The highest BCUT2D eigenvalue weighted by atomic mass is 31.2. The summed E-state index contributed by atoms with van der Waals surface area (Å²) in [5.41, 5.74) is 5.70. The number of H-pyrrole nitrogens is 1. The Kier molecular flexibility index (Phi) is 4.25. The third kappa shape index (κ3) is 3.10. The van der Waals surface area contributed by atoms with E-state index in [-0.39, 0.29) is 17.0 Å². The zero-order chi connectivity index (χ0) is 17.6. The van der Waals surface area contributed by atoms with Crippen LogP contribution in [0.5, 0.6) is 0 Å². The largest absolute Gasteiger partial charge is 0.756 e. The number of phosphoric acid groups is 1. The summed E-state index contributed by atoms with van der Waals surface area (Å²) in [5.74, 6) is -0.170. The molecule has 1 fully saturated rings. The van der Waals surface area contributed by atoms with E-state index in [4.69, 9.17) is 15.4 Å². The van der Waals surface area contributed by atoms with Crippen molar-refractivity contribution in [1.82, 2.24) is 15.0 Å². The maximum atomic E-state index is 13.3. The summed E-state index contributed by atoms with van der Waals surface area (Å²) in [5, 5.41) is 20.0. The summed E-state index contributed by atoms with van der Waals surface area (Å²) in [4.78, 5) is 28.7. The molecular weight excluding hydrogens is 352 g/mol. The van der Waals surface area contributed by atoms with Crippen molar-refractivity contribution in [3.05, 3.63) is 12.4 Å². The molecule has 0 radical (unpaired) electrons. The number of nitrogens with zero attached hydrogens (tertiary/aromatic N) is 3. The number of imidazole rings is 1. The number of hydrogen-bond donors (Lipinski definition) is 5. The molecule has 0 aliphatic carbocycles. The zero-order valence-electron chi connectivity index (χ0n) is 11.8. The highest BCUT2D eigenvalue weighted by Crippen LogP contribution is 2.34. The van der Waals surface area contributed by atoms with Gasteiger partial charge in [-0.2, -0.15) is 4.98 Å². The fourth-order valence-electron chi connectivity index (χ4n) is 2.42. The standard InChI is InChI=1S/C10H13FN5O7P/c11-10-14-7(12)4-8(15-10)16(2-13-4)9-6(18)5(17)3(23-9)1-22-24(19,20)21/h2-3,5-6,9,17-18H,1H2,(H4,12,14,15,19,20,21). The van der Waals surface area contributed by atoms with Crippen LogP contribution in [0.2, 0.25) is 0 Å². The van der Waals surface area contributed by atoms with E-state index >= 15 is 0 Å². The Balaban J connectivity index is 1.89.